The lowest BCUT2D eigenvalue weighted by Crippen LogP contribution is -2.07. The van der Waals surface area contributed by atoms with Crippen molar-refractivity contribution in [2.24, 2.45) is 0 Å². The zero-order valence-corrected chi connectivity index (χ0v) is 17.5. The molecule has 9 heteroatoms. The molecule has 0 aliphatic rings. The molecule has 2 aromatic carbocycles. The van der Waals surface area contributed by atoms with Crippen LogP contribution in [0.4, 0.5) is 0 Å². The lowest BCUT2D eigenvalue weighted by molar-refractivity contribution is 0.0441. The molecule has 0 spiro atoms. The van der Waals surface area contributed by atoms with Crippen LogP contribution in [0.25, 0.3) is 33.8 Å². The zero-order valence-electron chi connectivity index (χ0n) is 16.8. The molecule has 158 valence electrons. The van der Waals surface area contributed by atoms with Gasteiger partial charge in [0.05, 0.1) is 22.3 Å². The highest BCUT2D eigenvalue weighted by atomic mass is 35.5. The number of pyridine rings is 1. The van der Waals surface area contributed by atoms with Crippen LogP contribution in [0.1, 0.15) is 21.9 Å². The maximum absolute atomic E-state index is 13.0. The van der Waals surface area contributed by atoms with E-state index in [4.69, 9.17) is 25.3 Å². The summed E-state index contributed by atoms with van der Waals surface area (Å²) < 4.78 is 16.4. The average Bonchev–Trinajstić information content (AvgIpc) is 3.45. The van der Waals surface area contributed by atoms with Crippen molar-refractivity contribution in [3.63, 3.8) is 0 Å². The Kier molecular flexibility index (Phi) is 5.12. The molecule has 0 radical (unpaired) electrons. The predicted octanol–water partition coefficient (Wildman–Crippen LogP) is 5.26. The van der Waals surface area contributed by atoms with E-state index >= 15 is 0 Å². The number of esters is 1. The molecule has 32 heavy (non-hydrogen) atoms. The molecular weight excluding hydrogens is 432 g/mol. The quantitative estimate of drug-likeness (QED) is 0.337. The second-order valence-electron chi connectivity index (χ2n) is 6.95. The third-order valence-electron chi connectivity index (χ3n) is 4.79. The highest BCUT2D eigenvalue weighted by Gasteiger charge is 2.21. The van der Waals surface area contributed by atoms with Crippen LogP contribution in [0.2, 0.25) is 5.02 Å². The number of benzene rings is 2. The minimum absolute atomic E-state index is 0.166. The highest BCUT2D eigenvalue weighted by Crippen LogP contribution is 2.28. The van der Waals surface area contributed by atoms with E-state index in [9.17, 15) is 4.79 Å². The standard InChI is InChI=1S/C23H15ClN4O4/c1-13-20-17(11-18(25-22(20)32-28-13)14-5-3-2-4-6-14)23(29)30-12-19-26-27-21(31-19)15-7-9-16(24)10-8-15/h2-11H,12H2,1H3. The number of halogens is 1. The molecule has 5 rings (SSSR count). The Morgan fingerprint density at radius 2 is 1.81 bits per heavy atom. The van der Waals surface area contributed by atoms with E-state index in [2.05, 4.69) is 20.3 Å². The molecular formula is C23H15ClN4O4. The van der Waals surface area contributed by atoms with Gasteiger partial charge < -0.3 is 13.7 Å². The maximum Gasteiger partial charge on any atom is 0.339 e. The van der Waals surface area contributed by atoms with Gasteiger partial charge in [0.2, 0.25) is 5.89 Å². The number of fused-ring (bicyclic) bond motifs is 1. The molecule has 0 amide bonds. The van der Waals surface area contributed by atoms with Crippen molar-refractivity contribution < 1.29 is 18.5 Å². The van der Waals surface area contributed by atoms with E-state index in [-0.39, 0.29) is 18.2 Å². The summed E-state index contributed by atoms with van der Waals surface area (Å²) in [5, 5.41) is 13.0. The first-order chi connectivity index (χ1) is 15.6. The molecule has 0 fully saturated rings. The predicted molar refractivity (Wildman–Crippen MR) is 116 cm³/mol. The average molecular weight is 447 g/mol. The molecule has 8 nitrogen and oxygen atoms in total. The van der Waals surface area contributed by atoms with Crippen molar-refractivity contribution in [2.75, 3.05) is 0 Å². The Morgan fingerprint density at radius 1 is 1.03 bits per heavy atom. The van der Waals surface area contributed by atoms with Gasteiger partial charge in [-0.05, 0) is 37.3 Å². The van der Waals surface area contributed by atoms with Gasteiger partial charge >= 0.3 is 5.97 Å². The molecule has 0 bridgehead atoms. The van der Waals surface area contributed by atoms with Crippen LogP contribution in [0, 0.1) is 6.92 Å². The Balaban J connectivity index is 1.40. The summed E-state index contributed by atoms with van der Waals surface area (Å²) in [6.45, 7) is 1.55. The Morgan fingerprint density at radius 3 is 2.59 bits per heavy atom. The maximum atomic E-state index is 13.0. The topological polar surface area (TPSA) is 104 Å². The van der Waals surface area contributed by atoms with Crippen LogP contribution in [-0.2, 0) is 11.3 Å². The molecule has 0 unspecified atom stereocenters. The van der Waals surface area contributed by atoms with E-state index in [0.717, 1.165) is 5.56 Å². The second kappa shape index (κ2) is 8.24. The van der Waals surface area contributed by atoms with Crippen LogP contribution in [0.15, 0.2) is 69.6 Å². The fourth-order valence-corrected chi connectivity index (χ4v) is 3.36. The first-order valence-corrected chi connectivity index (χ1v) is 10.0. The number of hydrogen-bond acceptors (Lipinski definition) is 8. The summed E-state index contributed by atoms with van der Waals surface area (Å²) >= 11 is 5.90. The Hall–Kier alpha value is -4.04. The summed E-state index contributed by atoms with van der Waals surface area (Å²) in [6.07, 6.45) is 0. The highest BCUT2D eigenvalue weighted by molar-refractivity contribution is 6.30. The number of hydrogen-bond donors (Lipinski definition) is 0. The largest absolute Gasteiger partial charge is 0.452 e. The Labute approximate surface area is 186 Å². The number of aryl methyl sites for hydroxylation is 1. The number of aromatic nitrogens is 4. The van der Waals surface area contributed by atoms with Gasteiger partial charge in [0.25, 0.3) is 11.6 Å². The third kappa shape index (κ3) is 3.83. The SMILES string of the molecule is Cc1noc2nc(-c3ccccc3)cc(C(=O)OCc3nnc(-c4ccc(Cl)cc4)o3)c12. The zero-order chi connectivity index (χ0) is 22.1. The molecule has 0 saturated carbocycles. The first-order valence-electron chi connectivity index (χ1n) is 9.66. The number of carbonyl (C=O) groups is 1. The first kappa shape index (κ1) is 19.9. The summed E-state index contributed by atoms with van der Waals surface area (Å²) in [5.41, 5.74) is 3.22. The summed E-state index contributed by atoms with van der Waals surface area (Å²) in [4.78, 5) is 17.4. The molecule has 3 aromatic heterocycles. The molecule has 3 heterocycles. The molecule has 5 aromatic rings. The lowest BCUT2D eigenvalue weighted by Gasteiger charge is -2.06. The van der Waals surface area contributed by atoms with Gasteiger partial charge in [0.1, 0.15) is 0 Å². The number of carbonyl (C=O) groups excluding carboxylic acids is 1. The van der Waals surface area contributed by atoms with Crippen LogP contribution in [0.3, 0.4) is 0 Å². The number of ether oxygens (including phenoxy) is 1. The summed E-state index contributed by atoms with van der Waals surface area (Å²) in [6, 6.07) is 18.1. The van der Waals surface area contributed by atoms with E-state index < -0.39 is 5.97 Å². The minimum Gasteiger partial charge on any atom is -0.452 e. The van der Waals surface area contributed by atoms with Gasteiger partial charge in [-0.3, -0.25) is 0 Å². The van der Waals surface area contributed by atoms with Crippen molar-refractivity contribution in [3.05, 3.63) is 82.8 Å². The molecule has 0 aliphatic heterocycles. The van der Waals surface area contributed by atoms with Crippen LogP contribution in [-0.4, -0.2) is 26.3 Å². The van der Waals surface area contributed by atoms with Crippen LogP contribution in [0.5, 0.6) is 0 Å². The molecule has 0 aliphatic carbocycles. The normalized spacial score (nSPS) is 11.1. The molecule has 0 saturated heterocycles. The van der Waals surface area contributed by atoms with Crippen molar-refractivity contribution in [2.45, 2.75) is 13.5 Å². The summed E-state index contributed by atoms with van der Waals surface area (Å²) in [7, 11) is 0. The fraction of sp³-hybridized carbons (Fsp3) is 0.0870. The minimum atomic E-state index is -0.577. The van der Waals surface area contributed by atoms with Gasteiger partial charge in [0.15, 0.2) is 6.61 Å². The van der Waals surface area contributed by atoms with Crippen LogP contribution >= 0.6 is 11.6 Å². The van der Waals surface area contributed by atoms with Crippen molar-refractivity contribution >= 4 is 28.7 Å². The Bertz CT molecular complexity index is 1410. The monoisotopic (exact) mass is 446 g/mol. The van der Waals surface area contributed by atoms with E-state index in [1.807, 2.05) is 30.3 Å². The van der Waals surface area contributed by atoms with Crippen LogP contribution < -0.4 is 0 Å². The van der Waals surface area contributed by atoms with Gasteiger partial charge in [-0.1, -0.05) is 47.1 Å². The third-order valence-corrected chi connectivity index (χ3v) is 5.04. The molecule has 0 N–H and O–H groups in total. The smallest absolute Gasteiger partial charge is 0.339 e. The van der Waals surface area contributed by atoms with Crippen molar-refractivity contribution in [3.8, 4) is 22.7 Å². The second-order valence-corrected chi connectivity index (χ2v) is 7.39. The molecule has 0 atom stereocenters. The van der Waals surface area contributed by atoms with E-state index in [1.54, 1.807) is 37.3 Å². The number of rotatable bonds is 5. The van der Waals surface area contributed by atoms with Crippen molar-refractivity contribution in [1.29, 1.82) is 0 Å². The lowest BCUT2D eigenvalue weighted by atomic mass is 10.1. The van der Waals surface area contributed by atoms with Gasteiger partial charge in [0, 0.05) is 16.1 Å². The van der Waals surface area contributed by atoms with E-state index in [1.165, 1.54) is 0 Å². The van der Waals surface area contributed by atoms with E-state index in [0.29, 0.717) is 38.8 Å². The van der Waals surface area contributed by atoms with Crippen molar-refractivity contribution in [1.82, 2.24) is 20.3 Å². The number of nitrogens with zero attached hydrogens (tertiary/aromatic N) is 4. The summed E-state index contributed by atoms with van der Waals surface area (Å²) in [5.74, 6) is -0.105. The van der Waals surface area contributed by atoms with Gasteiger partial charge in [-0.2, -0.15) is 0 Å². The van der Waals surface area contributed by atoms with Gasteiger partial charge in [-0.15, -0.1) is 10.2 Å². The fourth-order valence-electron chi connectivity index (χ4n) is 3.24. The van der Waals surface area contributed by atoms with Gasteiger partial charge in [-0.25, -0.2) is 9.78 Å².